The molecule has 4 aromatic rings. The van der Waals surface area contributed by atoms with Gasteiger partial charge < -0.3 is 16.0 Å². The van der Waals surface area contributed by atoms with Crippen LogP contribution in [0.4, 0.5) is 22.0 Å². The van der Waals surface area contributed by atoms with E-state index < -0.39 is 59.7 Å². The van der Waals surface area contributed by atoms with Crippen LogP contribution < -0.4 is 16.0 Å². The number of amides is 3. The molecule has 15 nitrogen and oxygen atoms in total. The van der Waals surface area contributed by atoms with Gasteiger partial charge in [-0.15, -0.1) is 5.10 Å². The van der Waals surface area contributed by atoms with Crippen molar-refractivity contribution < 1.29 is 41.0 Å². The van der Waals surface area contributed by atoms with Crippen molar-refractivity contribution in [3.05, 3.63) is 53.0 Å². The van der Waals surface area contributed by atoms with Gasteiger partial charge in [-0.1, -0.05) is 10.4 Å². The minimum atomic E-state index is -4.71. The van der Waals surface area contributed by atoms with Gasteiger partial charge in [0, 0.05) is 25.8 Å². The smallest absolute Gasteiger partial charge is 0.354 e. The number of aromatic nitrogens is 8. The summed E-state index contributed by atoms with van der Waals surface area (Å²) in [6, 6.07) is -1.36. The fourth-order valence-electron chi connectivity index (χ4n) is 6.89. The quantitative estimate of drug-likeness (QED) is 0.207. The first kappa shape index (κ1) is 33.5. The lowest BCUT2D eigenvalue weighted by molar-refractivity contribution is -0.155. The van der Waals surface area contributed by atoms with E-state index in [1.807, 2.05) is 0 Å². The monoisotopic (exact) mass is 705 g/mol. The standard InChI is InChI=1S/C30H32F5N11O4/c1-36-25(47)19-12-45(44-41-19)14-28(10-20(30(33,34)35)39-27(28)49)9-15-8-21-38-18(13-46(21)37-11-15)22(17-4-6-29(31,32)7-5-17)40-26(48)24-23(16-2-3-16)42-50-43-24/h8,11-13,16-17,20,22H,2-7,9-10,14H2,1H3,(H,36,47)(H,39,49)(H,40,48)/t20-,22-,28-/m0/s1. The highest BCUT2D eigenvalue weighted by Gasteiger charge is 2.56. The second-order valence-electron chi connectivity index (χ2n) is 13.4. The van der Waals surface area contributed by atoms with E-state index in [4.69, 9.17) is 4.63 Å². The summed E-state index contributed by atoms with van der Waals surface area (Å²) in [5.41, 5.74) is -0.312. The van der Waals surface area contributed by atoms with Crippen LogP contribution in [0.25, 0.3) is 5.65 Å². The summed E-state index contributed by atoms with van der Waals surface area (Å²) in [6.45, 7) is -0.319. The molecule has 0 unspecified atom stereocenters. The molecule has 0 bridgehead atoms. The van der Waals surface area contributed by atoms with Gasteiger partial charge in [-0.3, -0.25) is 19.1 Å². The Kier molecular flexibility index (Phi) is 8.28. The Labute approximate surface area is 279 Å². The summed E-state index contributed by atoms with van der Waals surface area (Å²) in [4.78, 5) is 43.4. The van der Waals surface area contributed by atoms with Gasteiger partial charge in [0.2, 0.25) is 11.8 Å². The van der Waals surface area contributed by atoms with Crippen LogP contribution in [0.2, 0.25) is 0 Å². The predicted octanol–water partition coefficient (Wildman–Crippen LogP) is 2.92. The highest BCUT2D eigenvalue weighted by Crippen LogP contribution is 2.44. The van der Waals surface area contributed by atoms with E-state index in [-0.39, 0.29) is 61.6 Å². The summed E-state index contributed by atoms with van der Waals surface area (Å²) < 4.78 is 77.1. The number of carbonyl (C=O) groups is 3. The molecule has 4 aromatic heterocycles. The molecule has 2 saturated carbocycles. The Bertz CT molecular complexity index is 1930. The fourth-order valence-corrected chi connectivity index (χ4v) is 6.89. The minimum Gasteiger partial charge on any atom is -0.354 e. The van der Waals surface area contributed by atoms with Crippen LogP contribution in [0.5, 0.6) is 0 Å². The maximum Gasteiger partial charge on any atom is 0.408 e. The average Bonchev–Trinajstić information content (AvgIpc) is 3.39. The molecule has 3 N–H and O–H groups in total. The molecular weight excluding hydrogens is 673 g/mol. The molecule has 7 rings (SSSR count). The second kappa shape index (κ2) is 12.4. The molecule has 5 heterocycles. The van der Waals surface area contributed by atoms with E-state index in [0.717, 1.165) is 17.5 Å². The number of alkyl halides is 5. The van der Waals surface area contributed by atoms with Gasteiger partial charge in [-0.25, -0.2) is 22.9 Å². The van der Waals surface area contributed by atoms with Crippen molar-refractivity contribution in [2.24, 2.45) is 11.3 Å². The highest BCUT2D eigenvalue weighted by molar-refractivity contribution is 5.93. The third-order valence-electron chi connectivity index (χ3n) is 9.71. The number of halogens is 5. The van der Waals surface area contributed by atoms with Crippen LogP contribution in [0.1, 0.15) is 94.8 Å². The molecule has 0 spiro atoms. The number of rotatable bonds is 10. The van der Waals surface area contributed by atoms with E-state index in [1.165, 1.54) is 24.0 Å². The number of hydrogen-bond donors (Lipinski definition) is 3. The van der Waals surface area contributed by atoms with Gasteiger partial charge in [0.1, 0.15) is 11.7 Å². The van der Waals surface area contributed by atoms with Crippen LogP contribution >= 0.6 is 0 Å². The summed E-state index contributed by atoms with van der Waals surface area (Å²) in [6.07, 6.45) is -0.169. The first-order valence-corrected chi connectivity index (χ1v) is 16.1. The lowest BCUT2D eigenvalue weighted by Crippen LogP contribution is -2.40. The SMILES string of the molecule is CNC(=O)c1cn(C[C@]2(Cc3cnn4cc([C@@H](NC(=O)c5nonc5C5CC5)C5CCC(F)(F)CC5)nc4c3)C[C@@H](C(F)(F)F)NC2=O)nn1. The highest BCUT2D eigenvalue weighted by atomic mass is 19.4. The molecular formula is C30H32F5N11O4. The van der Waals surface area contributed by atoms with Crippen molar-refractivity contribution in [3.63, 3.8) is 0 Å². The molecule has 1 saturated heterocycles. The second-order valence-corrected chi connectivity index (χ2v) is 13.4. The Balaban J connectivity index is 1.18. The molecule has 2 aliphatic carbocycles. The van der Waals surface area contributed by atoms with Crippen molar-refractivity contribution in [2.75, 3.05) is 7.05 Å². The summed E-state index contributed by atoms with van der Waals surface area (Å²) >= 11 is 0. The molecule has 3 amide bonds. The Hall–Kier alpha value is -5.04. The first-order valence-electron chi connectivity index (χ1n) is 16.1. The third-order valence-corrected chi connectivity index (χ3v) is 9.71. The zero-order valence-corrected chi connectivity index (χ0v) is 26.6. The van der Waals surface area contributed by atoms with Crippen LogP contribution in [0.15, 0.2) is 29.3 Å². The molecule has 20 heteroatoms. The number of hydrogen-bond acceptors (Lipinski definition) is 10. The van der Waals surface area contributed by atoms with Gasteiger partial charge in [-0.2, -0.15) is 18.3 Å². The van der Waals surface area contributed by atoms with Gasteiger partial charge in [0.25, 0.3) is 11.8 Å². The summed E-state index contributed by atoms with van der Waals surface area (Å²) in [5.74, 6) is -5.16. The largest absolute Gasteiger partial charge is 0.408 e. The van der Waals surface area contributed by atoms with Crippen LogP contribution in [0.3, 0.4) is 0 Å². The van der Waals surface area contributed by atoms with Crippen molar-refractivity contribution in [2.45, 2.75) is 88.0 Å². The lowest BCUT2D eigenvalue weighted by Gasteiger charge is -2.33. The van der Waals surface area contributed by atoms with Gasteiger partial charge in [0.05, 0.1) is 42.3 Å². The van der Waals surface area contributed by atoms with Crippen molar-refractivity contribution in [1.29, 1.82) is 0 Å². The number of imidazole rings is 1. The van der Waals surface area contributed by atoms with Gasteiger partial charge in [-0.05, 0) is 61.2 Å². The third kappa shape index (κ3) is 6.61. The van der Waals surface area contributed by atoms with Crippen molar-refractivity contribution >= 4 is 23.4 Å². The first-order chi connectivity index (χ1) is 23.7. The fraction of sp³-hybridized carbons (Fsp3) is 0.567. The maximum absolute atomic E-state index is 14.1. The molecule has 0 aromatic carbocycles. The van der Waals surface area contributed by atoms with E-state index in [2.05, 4.69) is 46.7 Å². The summed E-state index contributed by atoms with van der Waals surface area (Å²) in [7, 11) is 1.38. The minimum absolute atomic E-state index is 0.0231. The van der Waals surface area contributed by atoms with E-state index in [9.17, 15) is 36.3 Å². The molecule has 3 atom stereocenters. The van der Waals surface area contributed by atoms with Crippen molar-refractivity contribution in [1.82, 2.24) is 55.9 Å². The normalized spacial score (nSPS) is 23.2. The number of carbonyl (C=O) groups excluding carboxylic acids is 3. The molecule has 266 valence electrons. The van der Waals surface area contributed by atoms with Crippen molar-refractivity contribution in [3.8, 4) is 0 Å². The zero-order valence-electron chi connectivity index (χ0n) is 26.6. The Morgan fingerprint density at radius 3 is 2.56 bits per heavy atom. The molecule has 1 aliphatic heterocycles. The number of fused-ring (bicyclic) bond motifs is 1. The Morgan fingerprint density at radius 2 is 1.88 bits per heavy atom. The van der Waals surface area contributed by atoms with E-state index in [0.29, 0.717) is 17.0 Å². The van der Waals surface area contributed by atoms with E-state index >= 15 is 0 Å². The molecule has 3 aliphatic rings. The maximum atomic E-state index is 14.1. The average molecular weight is 706 g/mol. The molecule has 3 fully saturated rings. The topological polar surface area (TPSA) is 187 Å². The van der Waals surface area contributed by atoms with Crippen LogP contribution in [-0.2, 0) is 17.8 Å². The van der Waals surface area contributed by atoms with E-state index in [1.54, 1.807) is 12.3 Å². The van der Waals surface area contributed by atoms with Gasteiger partial charge in [0.15, 0.2) is 17.0 Å². The number of nitrogens with one attached hydrogen (secondary N) is 3. The predicted molar refractivity (Wildman–Crippen MR) is 159 cm³/mol. The van der Waals surface area contributed by atoms with Crippen LogP contribution in [0, 0.1) is 11.3 Å². The van der Waals surface area contributed by atoms with Gasteiger partial charge >= 0.3 is 6.18 Å². The van der Waals surface area contributed by atoms with Crippen LogP contribution in [-0.4, -0.2) is 82.8 Å². The molecule has 0 radical (unpaired) electrons. The Morgan fingerprint density at radius 1 is 1.12 bits per heavy atom. The zero-order chi connectivity index (χ0) is 35.4. The lowest BCUT2D eigenvalue weighted by atomic mass is 9.79. The number of nitrogens with zero attached hydrogens (tertiary/aromatic N) is 8. The molecule has 50 heavy (non-hydrogen) atoms. The summed E-state index contributed by atoms with van der Waals surface area (Å²) in [5, 5.41) is 27.0.